The highest BCUT2D eigenvalue weighted by atomic mass is 32.2. The fraction of sp³-hybridized carbons (Fsp3) is 1.00. The normalized spacial score (nSPS) is 20.1. The Morgan fingerprint density at radius 1 is 1.50 bits per heavy atom. The van der Waals surface area contributed by atoms with Crippen molar-refractivity contribution in [3.8, 4) is 0 Å². The summed E-state index contributed by atoms with van der Waals surface area (Å²) in [6.45, 7) is 3.51. The summed E-state index contributed by atoms with van der Waals surface area (Å²) in [7, 11) is 0. The predicted molar refractivity (Wildman–Crippen MR) is 62.3 cm³/mol. The van der Waals surface area contributed by atoms with E-state index in [4.69, 9.17) is 10.6 Å². The Hall–Kier alpha value is 0.230. The second-order valence-corrected chi connectivity index (χ2v) is 5.10. The van der Waals surface area contributed by atoms with E-state index in [0.717, 1.165) is 24.2 Å². The van der Waals surface area contributed by atoms with Gasteiger partial charge in [0, 0.05) is 17.6 Å². The molecule has 0 saturated heterocycles. The highest BCUT2D eigenvalue weighted by Crippen LogP contribution is 2.29. The molecule has 1 fully saturated rings. The van der Waals surface area contributed by atoms with Crippen LogP contribution in [0.3, 0.4) is 0 Å². The zero-order valence-corrected chi connectivity index (χ0v) is 9.81. The van der Waals surface area contributed by atoms with Gasteiger partial charge in [-0.05, 0) is 19.8 Å². The number of hydrogen-bond donors (Lipinski definition) is 2. The van der Waals surface area contributed by atoms with Crippen LogP contribution in [0, 0.1) is 0 Å². The molecule has 0 amide bonds. The summed E-state index contributed by atoms with van der Waals surface area (Å²) < 4.78 is 5.35. The molecule has 4 heteroatoms. The minimum atomic E-state index is 0.306. The van der Waals surface area contributed by atoms with Gasteiger partial charge in [-0.1, -0.05) is 12.8 Å². The highest BCUT2D eigenvalue weighted by molar-refractivity contribution is 7.99. The number of hydrazine groups is 1. The van der Waals surface area contributed by atoms with Crippen molar-refractivity contribution in [2.45, 2.75) is 43.9 Å². The zero-order chi connectivity index (χ0) is 10.2. The van der Waals surface area contributed by atoms with Crippen molar-refractivity contribution in [1.82, 2.24) is 5.43 Å². The number of thioether (sulfide) groups is 1. The molecule has 0 aliphatic heterocycles. The topological polar surface area (TPSA) is 47.3 Å². The standard InChI is InChI=1S/C10H22N2OS/c1-2-13-7-9(12-11)8-14-10-5-3-4-6-10/h9-10,12H,2-8,11H2,1H3. The summed E-state index contributed by atoms with van der Waals surface area (Å²) in [6.07, 6.45) is 5.58. The molecule has 0 spiro atoms. The van der Waals surface area contributed by atoms with Crippen molar-refractivity contribution >= 4 is 11.8 Å². The molecule has 1 saturated carbocycles. The van der Waals surface area contributed by atoms with E-state index in [0.29, 0.717) is 6.04 Å². The van der Waals surface area contributed by atoms with Crippen molar-refractivity contribution < 1.29 is 4.74 Å². The Morgan fingerprint density at radius 2 is 2.21 bits per heavy atom. The van der Waals surface area contributed by atoms with E-state index in [2.05, 4.69) is 5.43 Å². The van der Waals surface area contributed by atoms with Crippen molar-refractivity contribution in [2.24, 2.45) is 5.84 Å². The summed E-state index contributed by atoms with van der Waals surface area (Å²) in [6, 6.07) is 0.306. The van der Waals surface area contributed by atoms with Gasteiger partial charge >= 0.3 is 0 Å². The molecule has 1 unspecified atom stereocenters. The van der Waals surface area contributed by atoms with Gasteiger partial charge in [0.2, 0.25) is 0 Å². The van der Waals surface area contributed by atoms with Crippen LogP contribution in [-0.4, -0.2) is 30.3 Å². The van der Waals surface area contributed by atoms with Gasteiger partial charge in [-0.3, -0.25) is 11.3 Å². The highest BCUT2D eigenvalue weighted by Gasteiger charge is 2.17. The quantitative estimate of drug-likeness (QED) is 0.502. The maximum Gasteiger partial charge on any atom is 0.0641 e. The van der Waals surface area contributed by atoms with Gasteiger partial charge in [-0.15, -0.1) is 0 Å². The number of rotatable bonds is 7. The van der Waals surface area contributed by atoms with E-state index in [9.17, 15) is 0 Å². The number of nitrogens with two attached hydrogens (primary N) is 1. The molecule has 3 nitrogen and oxygen atoms in total. The number of ether oxygens (including phenoxy) is 1. The van der Waals surface area contributed by atoms with Gasteiger partial charge in [0.15, 0.2) is 0 Å². The Balaban J connectivity index is 2.06. The average Bonchev–Trinajstić information content (AvgIpc) is 2.71. The lowest BCUT2D eigenvalue weighted by molar-refractivity contribution is 0.129. The largest absolute Gasteiger partial charge is 0.380 e. The Labute approximate surface area is 91.1 Å². The van der Waals surface area contributed by atoms with E-state index >= 15 is 0 Å². The van der Waals surface area contributed by atoms with Crippen LogP contribution < -0.4 is 11.3 Å². The van der Waals surface area contributed by atoms with Crippen LogP contribution in [0.5, 0.6) is 0 Å². The Bertz CT molecular complexity index is 140. The second-order valence-electron chi connectivity index (χ2n) is 3.76. The minimum absolute atomic E-state index is 0.306. The molecule has 3 N–H and O–H groups in total. The molecule has 1 aliphatic carbocycles. The van der Waals surface area contributed by atoms with Gasteiger partial charge in [-0.25, -0.2) is 0 Å². The molecule has 0 aromatic heterocycles. The lowest BCUT2D eigenvalue weighted by atomic mass is 10.4. The molecule has 0 heterocycles. The first-order chi connectivity index (χ1) is 6.86. The van der Waals surface area contributed by atoms with Gasteiger partial charge in [0.05, 0.1) is 12.6 Å². The molecule has 0 aromatic carbocycles. The van der Waals surface area contributed by atoms with Crippen LogP contribution in [-0.2, 0) is 4.74 Å². The fourth-order valence-electron chi connectivity index (χ4n) is 1.71. The van der Waals surface area contributed by atoms with Gasteiger partial charge in [0.1, 0.15) is 0 Å². The van der Waals surface area contributed by atoms with Crippen molar-refractivity contribution in [3.05, 3.63) is 0 Å². The summed E-state index contributed by atoms with van der Waals surface area (Å²) >= 11 is 2.04. The second kappa shape index (κ2) is 7.51. The maximum atomic E-state index is 5.45. The molecular formula is C10H22N2OS. The Morgan fingerprint density at radius 3 is 2.79 bits per heavy atom. The molecule has 0 aromatic rings. The molecule has 0 radical (unpaired) electrons. The van der Waals surface area contributed by atoms with Gasteiger partial charge < -0.3 is 4.74 Å². The van der Waals surface area contributed by atoms with Crippen LogP contribution in [0.25, 0.3) is 0 Å². The average molecular weight is 218 g/mol. The smallest absolute Gasteiger partial charge is 0.0641 e. The maximum absolute atomic E-state index is 5.45. The third-order valence-corrected chi connectivity index (χ3v) is 4.13. The SMILES string of the molecule is CCOCC(CSC1CCCC1)NN. The van der Waals surface area contributed by atoms with Crippen molar-refractivity contribution in [3.63, 3.8) is 0 Å². The molecule has 1 aliphatic rings. The summed E-state index contributed by atoms with van der Waals surface area (Å²) in [5, 5.41) is 0.868. The third kappa shape index (κ3) is 4.64. The monoisotopic (exact) mass is 218 g/mol. The zero-order valence-electron chi connectivity index (χ0n) is 9.00. The number of hydrogen-bond acceptors (Lipinski definition) is 4. The molecule has 1 atom stereocenters. The molecule has 14 heavy (non-hydrogen) atoms. The summed E-state index contributed by atoms with van der Waals surface area (Å²) in [5.41, 5.74) is 2.81. The van der Waals surface area contributed by atoms with Crippen LogP contribution in [0.4, 0.5) is 0 Å². The predicted octanol–water partition coefficient (Wildman–Crippen LogP) is 1.53. The van der Waals surface area contributed by atoms with E-state index in [1.54, 1.807) is 0 Å². The first-order valence-electron chi connectivity index (χ1n) is 5.52. The molecular weight excluding hydrogens is 196 g/mol. The van der Waals surface area contributed by atoms with E-state index in [1.807, 2.05) is 18.7 Å². The van der Waals surface area contributed by atoms with E-state index in [-0.39, 0.29) is 0 Å². The Kier molecular flexibility index (Phi) is 6.60. The molecule has 84 valence electrons. The van der Waals surface area contributed by atoms with Crippen LogP contribution in [0.2, 0.25) is 0 Å². The lowest BCUT2D eigenvalue weighted by Crippen LogP contribution is -2.40. The third-order valence-electron chi connectivity index (χ3n) is 2.59. The van der Waals surface area contributed by atoms with Crippen molar-refractivity contribution in [1.29, 1.82) is 0 Å². The lowest BCUT2D eigenvalue weighted by Gasteiger charge is -2.17. The fourth-order valence-corrected chi connectivity index (χ4v) is 3.08. The molecule has 1 rings (SSSR count). The van der Waals surface area contributed by atoms with Crippen LogP contribution in [0.1, 0.15) is 32.6 Å². The van der Waals surface area contributed by atoms with E-state index < -0.39 is 0 Å². The molecule has 0 bridgehead atoms. The van der Waals surface area contributed by atoms with Gasteiger partial charge in [-0.2, -0.15) is 11.8 Å². The van der Waals surface area contributed by atoms with Crippen LogP contribution >= 0.6 is 11.8 Å². The van der Waals surface area contributed by atoms with Gasteiger partial charge in [0.25, 0.3) is 0 Å². The van der Waals surface area contributed by atoms with Crippen LogP contribution in [0.15, 0.2) is 0 Å². The van der Waals surface area contributed by atoms with Crippen molar-refractivity contribution in [2.75, 3.05) is 19.0 Å². The summed E-state index contributed by atoms with van der Waals surface area (Å²) in [4.78, 5) is 0. The first-order valence-corrected chi connectivity index (χ1v) is 6.57. The first kappa shape index (κ1) is 12.3. The minimum Gasteiger partial charge on any atom is -0.380 e. The summed E-state index contributed by atoms with van der Waals surface area (Å²) in [5.74, 6) is 6.53. The number of nitrogens with one attached hydrogen (secondary N) is 1. The van der Waals surface area contributed by atoms with E-state index in [1.165, 1.54) is 25.7 Å².